The molecule has 2 aliphatic heterocycles. The summed E-state index contributed by atoms with van der Waals surface area (Å²) in [7, 11) is 1.68. The molecule has 4 aromatic heterocycles. The standard InChI is InChI=1S/C39H42N6O5.C32H37BrN6O4.C7H7BO3/c1-4-35-33(36(43-31-12-14-50-15-13-31)34-23-42-45(5-2)37(34)44-35)22-41-39(48)29-11-7-10-28(19-29)38(47)40-21-26-17-30(20-32(18-26)49-3)27-9-6-8-25(16-27)24-46;1-4-28-26(29(37-24-9-11-43-12-10-24)27-19-36-39(5-2)30(27)38-28)18-35-32(41)22-8-6-7-21(15-22)31(40)34-17-20-13-23(33)16-25(14-20)42-3;9-5-6-2-1-3-7(4-6)8(10)11/h6-11,16-20,23-24,31H,4-5,12-15,21-22H2,1-3H3,(H,40,47)(H,41,48)(H,43,44);6-8,13-16,19,24H,4-5,9-12,17-18H2,1-3H3,(H,34,40)(H,35,41)(H,37,38);1-5,10-11H. The number of anilines is 2. The van der Waals surface area contributed by atoms with E-state index in [1.807, 2.05) is 90.2 Å². The third-order valence-electron chi connectivity index (χ3n) is 18.0. The van der Waals surface area contributed by atoms with Gasteiger partial charge in [-0.2, -0.15) is 10.2 Å². The molecule has 6 aromatic carbocycles. The zero-order valence-electron chi connectivity index (χ0n) is 59.1. The molecule has 4 amide bonds. The number of nitrogens with one attached hydrogen (secondary N) is 6. The van der Waals surface area contributed by atoms with E-state index in [2.05, 4.69) is 71.9 Å². The van der Waals surface area contributed by atoms with Crippen molar-refractivity contribution >= 4 is 98.2 Å². The summed E-state index contributed by atoms with van der Waals surface area (Å²) in [5, 5.41) is 47.9. The van der Waals surface area contributed by atoms with Gasteiger partial charge in [-0.15, -0.1) is 0 Å². The molecule has 12 rings (SSSR count). The Morgan fingerprint density at radius 2 is 0.952 bits per heavy atom. The molecule has 2 fully saturated rings. The first-order valence-corrected chi connectivity index (χ1v) is 35.6. The van der Waals surface area contributed by atoms with Crippen molar-refractivity contribution < 1.29 is 57.8 Å². The highest BCUT2D eigenvalue weighted by molar-refractivity contribution is 9.10. The Morgan fingerprint density at radius 1 is 0.529 bits per heavy atom. The number of halogens is 1. The van der Waals surface area contributed by atoms with Crippen molar-refractivity contribution in [2.24, 2.45) is 0 Å². The summed E-state index contributed by atoms with van der Waals surface area (Å²) in [6, 6.07) is 38.7. The summed E-state index contributed by atoms with van der Waals surface area (Å²) < 4.78 is 26.6. The topological polar surface area (TPSA) is 313 Å². The maximum atomic E-state index is 13.5. The van der Waals surface area contributed by atoms with Gasteiger partial charge in [0.2, 0.25) is 0 Å². The van der Waals surface area contributed by atoms with Gasteiger partial charge in [0.15, 0.2) is 11.3 Å². The van der Waals surface area contributed by atoms with E-state index in [9.17, 15) is 28.8 Å². The van der Waals surface area contributed by atoms with Crippen LogP contribution in [0.2, 0.25) is 0 Å². The second-order valence-electron chi connectivity index (χ2n) is 24.9. The number of aryl methyl sites for hydroxylation is 4. The largest absolute Gasteiger partial charge is 0.497 e. The van der Waals surface area contributed by atoms with E-state index in [1.165, 1.54) is 12.1 Å². The van der Waals surface area contributed by atoms with Crippen molar-refractivity contribution in [3.8, 4) is 22.6 Å². The number of nitrogens with zero attached hydrogens (tertiary/aromatic N) is 6. The van der Waals surface area contributed by atoms with E-state index in [1.54, 1.807) is 80.9 Å². The van der Waals surface area contributed by atoms with Crippen LogP contribution in [-0.2, 0) is 61.6 Å². The van der Waals surface area contributed by atoms with E-state index < -0.39 is 7.12 Å². The Kier molecular flexibility index (Phi) is 27.0. The van der Waals surface area contributed by atoms with E-state index in [-0.39, 0.29) is 55.3 Å². The lowest BCUT2D eigenvalue weighted by Gasteiger charge is -2.26. The molecule has 0 aliphatic carbocycles. The minimum atomic E-state index is -1.50. The highest BCUT2D eigenvalue weighted by Gasteiger charge is 2.26. The summed E-state index contributed by atoms with van der Waals surface area (Å²) in [6.07, 6.45) is 10.2. The average molecular weight is 1470 g/mol. The van der Waals surface area contributed by atoms with Gasteiger partial charge in [-0.05, 0) is 159 Å². The first-order chi connectivity index (χ1) is 50.5. The van der Waals surface area contributed by atoms with Gasteiger partial charge in [0.25, 0.3) is 23.6 Å². The van der Waals surface area contributed by atoms with Crippen LogP contribution < -0.4 is 46.8 Å². The molecule has 540 valence electrons. The molecule has 10 aromatic rings. The molecule has 2 aliphatic rings. The number of amides is 4. The number of carbonyl (C=O) groups is 6. The van der Waals surface area contributed by atoms with Crippen LogP contribution in [0.5, 0.6) is 11.5 Å². The summed E-state index contributed by atoms with van der Waals surface area (Å²) in [5.74, 6) is 0.182. The molecule has 0 unspecified atom stereocenters. The number of hydrogen-bond donors (Lipinski definition) is 8. The highest BCUT2D eigenvalue weighted by atomic mass is 79.9. The van der Waals surface area contributed by atoms with Gasteiger partial charge in [-0.1, -0.05) is 84.4 Å². The Labute approximate surface area is 612 Å². The van der Waals surface area contributed by atoms with Crippen LogP contribution in [-0.4, -0.2) is 136 Å². The third kappa shape index (κ3) is 19.5. The summed E-state index contributed by atoms with van der Waals surface area (Å²) in [5.41, 5.74) is 13.6. The summed E-state index contributed by atoms with van der Waals surface area (Å²) in [4.78, 5) is 84.6. The molecule has 2 saturated heterocycles. The number of methoxy groups -OCH3 is 2. The van der Waals surface area contributed by atoms with Gasteiger partial charge in [0, 0.05) is 138 Å². The molecule has 0 spiro atoms. The zero-order valence-corrected chi connectivity index (χ0v) is 60.7. The average Bonchev–Trinajstić information content (AvgIpc) is 1.58. The summed E-state index contributed by atoms with van der Waals surface area (Å²) >= 11 is 3.46. The van der Waals surface area contributed by atoms with Crippen molar-refractivity contribution in [3.05, 3.63) is 217 Å². The second-order valence-corrected chi connectivity index (χ2v) is 25.8. The molecule has 104 heavy (non-hydrogen) atoms. The van der Waals surface area contributed by atoms with Gasteiger partial charge >= 0.3 is 7.12 Å². The van der Waals surface area contributed by atoms with Gasteiger partial charge in [-0.25, -0.2) is 19.3 Å². The summed E-state index contributed by atoms with van der Waals surface area (Å²) in [6.45, 7) is 13.6. The highest BCUT2D eigenvalue weighted by Crippen LogP contribution is 2.34. The predicted molar refractivity (Wildman–Crippen MR) is 404 cm³/mol. The lowest BCUT2D eigenvalue weighted by molar-refractivity contribution is 0.0903. The molecular weight excluding hydrogens is 1390 g/mol. The van der Waals surface area contributed by atoms with Crippen molar-refractivity contribution in [2.75, 3.05) is 51.3 Å². The smallest absolute Gasteiger partial charge is 0.488 e. The van der Waals surface area contributed by atoms with Crippen LogP contribution in [0.4, 0.5) is 11.4 Å². The Balaban J connectivity index is 0.000000196. The van der Waals surface area contributed by atoms with E-state index >= 15 is 0 Å². The van der Waals surface area contributed by atoms with Crippen LogP contribution in [0.1, 0.15) is 149 Å². The lowest BCUT2D eigenvalue weighted by atomic mass is 9.80. The number of aromatic nitrogens is 6. The number of pyridine rings is 2. The molecule has 0 bridgehead atoms. The fraction of sp³-hybridized carbons (Fsp3) is 0.308. The fourth-order valence-electron chi connectivity index (χ4n) is 12.4. The molecular formula is C78H86BBrN12O12. The van der Waals surface area contributed by atoms with E-state index in [0.29, 0.717) is 116 Å². The SMILES string of the molecule is CCc1nc2c(cnn2CC)c(NC2CCOCC2)c1CNC(=O)c1cccc(C(=O)NCc2cc(Br)cc(OC)c2)c1.CCc1nc2c(cnn2CC)c(NC2CCOCC2)c1CNC(=O)c1cccc(C(=O)NCc2cc(OC)cc(-c3cccc(C=O)c3)c2)c1.O=Cc1cccc(B(O)O)c1. The van der Waals surface area contributed by atoms with E-state index in [0.717, 1.165) is 115 Å². The molecule has 6 heterocycles. The number of hydrogen-bond acceptors (Lipinski definition) is 18. The third-order valence-corrected chi connectivity index (χ3v) is 18.4. The number of benzene rings is 6. The Bertz CT molecular complexity index is 4690. The van der Waals surface area contributed by atoms with Gasteiger partial charge in [-0.3, -0.25) is 28.8 Å². The van der Waals surface area contributed by atoms with Gasteiger partial charge < -0.3 is 60.9 Å². The van der Waals surface area contributed by atoms with Crippen LogP contribution in [0.3, 0.4) is 0 Å². The molecule has 24 nitrogen and oxygen atoms in total. The minimum absolute atomic E-state index is 0.236. The van der Waals surface area contributed by atoms with Gasteiger partial charge in [0.05, 0.1) is 48.8 Å². The Morgan fingerprint density at radius 3 is 1.38 bits per heavy atom. The zero-order chi connectivity index (χ0) is 73.7. The molecule has 0 saturated carbocycles. The molecule has 8 N–H and O–H groups in total. The maximum absolute atomic E-state index is 13.5. The molecule has 0 radical (unpaired) electrons. The lowest BCUT2D eigenvalue weighted by Crippen LogP contribution is -2.30. The quantitative estimate of drug-likeness (QED) is 0.0185. The van der Waals surface area contributed by atoms with Crippen molar-refractivity contribution in [3.63, 3.8) is 0 Å². The number of aldehydes is 2. The number of ether oxygens (including phenoxy) is 4. The first-order valence-electron chi connectivity index (χ1n) is 34.8. The fourth-order valence-corrected chi connectivity index (χ4v) is 12.9. The molecule has 26 heteroatoms. The van der Waals surface area contributed by atoms with Crippen LogP contribution in [0, 0.1) is 0 Å². The first kappa shape index (κ1) is 76.0. The number of rotatable bonds is 26. The predicted octanol–water partition coefficient (Wildman–Crippen LogP) is 10.4. The van der Waals surface area contributed by atoms with Gasteiger partial charge in [0.1, 0.15) is 24.1 Å². The monoisotopic (exact) mass is 1470 g/mol. The maximum Gasteiger partial charge on any atom is 0.488 e. The van der Waals surface area contributed by atoms with Crippen LogP contribution >= 0.6 is 15.9 Å². The van der Waals surface area contributed by atoms with E-state index in [4.69, 9.17) is 39.0 Å². The van der Waals surface area contributed by atoms with Crippen LogP contribution in [0.25, 0.3) is 33.2 Å². The normalized spacial score (nSPS) is 12.9. The minimum Gasteiger partial charge on any atom is -0.497 e. The van der Waals surface area contributed by atoms with Crippen LogP contribution in [0.15, 0.2) is 150 Å². The van der Waals surface area contributed by atoms with Crippen molar-refractivity contribution in [1.29, 1.82) is 0 Å². The van der Waals surface area contributed by atoms with Crippen molar-refractivity contribution in [2.45, 2.75) is 118 Å². The van der Waals surface area contributed by atoms with Crippen molar-refractivity contribution in [1.82, 2.24) is 50.8 Å². The second kappa shape index (κ2) is 37.0. The molecule has 0 atom stereocenters. The Hall–Kier alpha value is -10.6. The number of fused-ring (bicyclic) bond motifs is 2. The number of carbonyl (C=O) groups excluding carboxylic acids is 6.